The Morgan fingerprint density at radius 2 is 2.10 bits per heavy atom. The van der Waals surface area contributed by atoms with Gasteiger partial charge in [0.25, 0.3) is 0 Å². The van der Waals surface area contributed by atoms with Crippen molar-refractivity contribution in [3.05, 3.63) is 64.4 Å². The summed E-state index contributed by atoms with van der Waals surface area (Å²) in [7, 11) is 0. The fourth-order valence-corrected chi connectivity index (χ4v) is 2.32. The zero-order chi connectivity index (χ0) is 15.2. The van der Waals surface area contributed by atoms with Gasteiger partial charge in [-0.2, -0.15) is 5.26 Å². The molecular weight excluding hydrogens is 289 g/mol. The summed E-state index contributed by atoms with van der Waals surface area (Å²) >= 11 is 5.88. The van der Waals surface area contributed by atoms with Crippen LogP contribution < -0.4 is 4.74 Å². The van der Waals surface area contributed by atoms with Crippen LogP contribution in [0.25, 0.3) is 0 Å². The van der Waals surface area contributed by atoms with Crippen molar-refractivity contribution in [3.63, 3.8) is 0 Å². The van der Waals surface area contributed by atoms with Crippen LogP contribution >= 0.6 is 11.6 Å². The molecule has 0 radical (unpaired) electrons. The minimum Gasteiger partial charge on any atom is -0.493 e. The van der Waals surface area contributed by atoms with Crippen LogP contribution in [0, 0.1) is 24.1 Å². The topological polar surface area (TPSA) is 33.0 Å². The van der Waals surface area contributed by atoms with E-state index in [0.717, 1.165) is 11.3 Å². The molecule has 0 saturated carbocycles. The highest BCUT2D eigenvalue weighted by molar-refractivity contribution is 6.30. The summed E-state index contributed by atoms with van der Waals surface area (Å²) < 4.78 is 18.9. The van der Waals surface area contributed by atoms with E-state index in [4.69, 9.17) is 16.3 Å². The Labute approximate surface area is 128 Å². The van der Waals surface area contributed by atoms with E-state index < -0.39 is 0 Å². The molecule has 108 valence electrons. The molecule has 2 aromatic rings. The first-order chi connectivity index (χ1) is 10.1. The van der Waals surface area contributed by atoms with Gasteiger partial charge in [-0.05, 0) is 48.4 Å². The standard InChI is InChI=1S/C17H15ClFNO/c1-12-9-15(18)5-6-17(12)21-8-7-14(11-20)13-3-2-4-16(19)10-13/h2-6,9-10,14H,7-8H2,1H3. The van der Waals surface area contributed by atoms with Gasteiger partial charge in [0.2, 0.25) is 0 Å². The maximum Gasteiger partial charge on any atom is 0.123 e. The second kappa shape index (κ2) is 7.10. The van der Waals surface area contributed by atoms with Crippen molar-refractivity contribution in [1.82, 2.24) is 0 Å². The van der Waals surface area contributed by atoms with Crippen molar-refractivity contribution >= 4 is 11.6 Å². The number of benzene rings is 2. The van der Waals surface area contributed by atoms with Crippen LogP contribution in [0.5, 0.6) is 5.75 Å². The molecule has 0 N–H and O–H groups in total. The molecule has 0 heterocycles. The molecule has 0 aliphatic rings. The van der Waals surface area contributed by atoms with Crippen molar-refractivity contribution in [2.45, 2.75) is 19.3 Å². The van der Waals surface area contributed by atoms with E-state index in [1.165, 1.54) is 12.1 Å². The molecule has 0 aromatic heterocycles. The summed E-state index contributed by atoms with van der Waals surface area (Å²) in [6.07, 6.45) is 0.502. The highest BCUT2D eigenvalue weighted by atomic mass is 35.5. The van der Waals surface area contributed by atoms with Crippen molar-refractivity contribution in [3.8, 4) is 11.8 Å². The first kappa shape index (κ1) is 15.3. The van der Waals surface area contributed by atoms with Crippen LogP contribution in [-0.2, 0) is 0 Å². The van der Waals surface area contributed by atoms with Gasteiger partial charge in [-0.25, -0.2) is 4.39 Å². The Morgan fingerprint density at radius 1 is 1.29 bits per heavy atom. The molecule has 0 fully saturated rings. The third-order valence-corrected chi connectivity index (χ3v) is 3.44. The van der Waals surface area contributed by atoms with Gasteiger partial charge < -0.3 is 4.74 Å². The SMILES string of the molecule is Cc1cc(Cl)ccc1OCCC(C#N)c1cccc(F)c1. The number of aryl methyl sites for hydroxylation is 1. The van der Waals surface area contributed by atoms with E-state index in [2.05, 4.69) is 6.07 Å². The van der Waals surface area contributed by atoms with Crippen LogP contribution in [0.15, 0.2) is 42.5 Å². The van der Waals surface area contributed by atoms with Crippen molar-refractivity contribution in [2.24, 2.45) is 0 Å². The largest absolute Gasteiger partial charge is 0.493 e. The molecule has 1 unspecified atom stereocenters. The number of rotatable bonds is 5. The number of halogens is 2. The van der Waals surface area contributed by atoms with Gasteiger partial charge >= 0.3 is 0 Å². The van der Waals surface area contributed by atoms with Crippen molar-refractivity contribution in [1.29, 1.82) is 5.26 Å². The number of hydrogen-bond donors (Lipinski definition) is 0. The summed E-state index contributed by atoms with van der Waals surface area (Å²) in [6, 6.07) is 13.7. The smallest absolute Gasteiger partial charge is 0.123 e. The fourth-order valence-electron chi connectivity index (χ4n) is 2.09. The van der Waals surface area contributed by atoms with E-state index in [1.807, 2.05) is 13.0 Å². The summed E-state index contributed by atoms with van der Waals surface area (Å²) in [6.45, 7) is 2.30. The fraction of sp³-hybridized carbons (Fsp3) is 0.235. The second-order valence-corrected chi connectivity index (χ2v) is 5.22. The third-order valence-electron chi connectivity index (χ3n) is 3.21. The average molecular weight is 304 g/mol. The first-order valence-electron chi connectivity index (χ1n) is 6.64. The van der Waals surface area contributed by atoms with Crippen molar-refractivity contribution in [2.75, 3.05) is 6.61 Å². The van der Waals surface area contributed by atoms with Gasteiger partial charge in [-0.3, -0.25) is 0 Å². The normalized spacial score (nSPS) is 11.7. The molecule has 0 aliphatic heterocycles. The maximum absolute atomic E-state index is 13.2. The lowest BCUT2D eigenvalue weighted by molar-refractivity contribution is 0.304. The van der Waals surface area contributed by atoms with Crippen LogP contribution in [0.1, 0.15) is 23.5 Å². The summed E-state index contributed by atoms with van der Waals surface area (Å²) in [5.41, 5.74) is 1.62. The van der Waals surface area contributed by atoms with E-state index in [9.17, 15) is 9.65 Å². The summed E-state index contributed by atoms with van der Waals surface area (Å²) in [5.74, 6) is 0.0332. The Morgan fingerprint density at radius 3 is 2.76 bits per heavy atom. The second-order valence-electron chi connectivity index (χ2n) is 4.78. The number of hydrogen-bond acceptors (Lipinski definition) is 2. The van der Waals surface area contributed by atoms with Crippen LogP contribution in [0.4, 0.5) is 4.39 Å². The lowest BCUT2D eigenvalue weighted by Gasteiger charge is -2.12. The predicted octanol–water partition coefficient (Wildman–Crippen LogP) is 4.86. The minimum atomic E-state index is -0.381. The number of ether oxygens (including phenoxy) is 1. The van der Waals surface area contributed by atoms with Gasteiger partial charge in [0.05, 0.1) is 18.6 Å². The van der Waals surface area contributed by atoms with E-state index in [1.54, 1.807) is 24.3 Å². The monoisotopic (exact) mass is 303 g/mol. The zero-order valence-corrected chi connectivity index (χ0v) is 12.4. The summed E-state index contributed by atoms with van der Waals surface area (Å²) in [4.78, 5) is 0. The third kappa shape index (κ3) is 4.21. The Balaban J connectivity index is 1.97. The zero-order valence-electron chi connectivity index (χ0n) is 11.6. The van der Waals surface area contributed by atoms with E-state index in [-0.39, 0.29) is 11.7 Å². The van der Waals surface area contributed by atoms with Gasteiger partial charge in [0.15, 0.2) is 0 Å². The molecule has 21 heavy (non-hydrogen) atoms. The molecule has 0 aliphatic carbocycles. The summed E-state index contributed by atoms with van der Waals surface area (Å²) in [5, 5.41) is 9.87. The molecule has 0 saturated heterocycles. The Kier molecular flexibility index (Phi) is 5.19. The predicted molar refractivity (Wildman–Crippen MR) is 81.1 cm³/mol. The van der Waals surface area contributed by atoms with Gasteiger partial charge in [-0.1, -0.05) is 23.7 Å². The average Bonchev–Trinajstić information content (AvgIpc) is 2.45. The van der Waals surface area contributed by atoms with Crippen LogP contribution in [0.3, 0.4) is 0 Å². The van der Waals surface area contributed by atoms with Crippen LogP contribution in [-0.4, -0.2) is 6.61 Å². The lowest BCUT2D eigenvalue weighted by atomic mass is 9.97. The first-order valence-corrected chi connectivity index (χ1v) is 7.02. The molecular formula is C17H15ClFNO. The van der Waals surface area contributed by atoms with Gasteiger partial charge in [-0.15, -0.1) is 0 Å². The molecule has 0 amide bonds. The molecule has 2 aromatic carbocycles. The van der Waals surface area contributed by atoms with Crippen LogP contribution in [0.2, 0.25) is 5.02 Å². The number of nitrogens with zero attached hydrogens (tertiary/aromatic N) is 1. The van der Waals surface area contributed by atoms with Gasteiger partial charge in [0, 0.05) is 11.4 Å². The van der Waals surface area contributed by atoms with E-state index in [0.29, 0.717) is 23.6 Å². The molecule has 4 heteroatoms. The minimum absolute atomic E-state index is 0.331. The lowest BCUT2D eigenvalue weighted by Crippen LogP contribution is -2.05. The number of nitriles is 1. The highest BCUT2D eigenvalue weighted by Crippen LogP contribution is 2.24. The highest BCUT2D eigenvalue weighted by Gasteiger charge is 2.12. The quantitative estimate of drug-likeness (QED) is 0.790. The molecule has 0 spiro atoms. The van der Waals surface area contributed by atoms with Crippen molar-refractivity contribution < 1.29 is 9.13 Å². The Bertz CT molecular complexity index is 666. The molecule has 2 nitrogen and oxygen atoms in total. The van der Waals surface area contributed by atoms with Gasteiger partial charge in [0.1, 0.15) is 11.6 Å². The molecule has 2 rings (SSSR count). The Hall–Kier alpha value is -2.05. The molecule has 1 atom stereocenters. The van der Waals surface area contributed by atoms with E-state index >= 15 is 0 Å². The molecule has 0 bridgehead atoms. The maximum atomic E-state index is 13.2.